The van der Waals surface area contributed by atoms with Crippen LogP contribution in [0.25, 0.3) is 0 Å². The minimum atomic E-state index is -0.798. The lowest BCUT2D eigenvalue weighted by molar-refractivity contribution is -0.757. The second kappa shape index (κ2) is 4.75. The lowest BCUT2D eigenvalue weighted by Crippen LogP contribution is -2.04. The SMILES string of the molecule is COc1nc(C)c(CCO[N+](=O)[O-])s1. The number of aromatic nitrogens is 1. The van der Waals surface area contributed by atoms with Crippen molar-refractivity contribution in [2.45, 2.75) is 13.3 Å². The van der Waals surface area contributed by atoms with Gasteiger partial charge in [0.15, 0.2) is 0 Å². The molecule has 0 fully saturated rings. The van der Waals surface area contributed by atoms with Crippen molar-refractivity contribution in [3.05, 3.63) is 20.7 Å². The van der Waals surface area contributed by atoms with E-state index in [1.165, 1.54) is 18.4 Å². The summed E-state index contributed by atoms with van der Waals surface area (Å²) < 4.78 is 4.94. The maximum atomic E-state index is 9.88. The number of aryl methyl sites for hydroxylation is 1. The molecule has 7 heteroatoms. The maximum Gasteiger partial charge on any atom is 0.294 e. The number of ether oxygens (including phenoxy) is 1. The van der Waals surface area contributed by atoms with Crippen molar-refractivity contribution in [1.82, 2.24) is 4.98 Å². The number of methoxy groups -OCH3 is 1. The minimum Gasteiger partial charge on any atom is -0.473 e. The summed E-state index contributed by atoms with van der Waals surface area (Å²) in [6.07, 6.45) is 0.480. The molecule has 1 aromatic rings. The zero-order valence-corrected chi connectivity index (χ0v) is 8.67. The van der Waals surface area contributed by atoms with Crippen molar-refractivity contribution in [2.75, 3.05) is 13.7 Å². The summed E-state index contributed by atoms with van der Waals surface area (Å²) in [4.78, 5) is 19.1. The molecule has 1 aromatic heterocycles. The van der Waals surface area contributed by atoms with Gasteiger partial charge in [0.05, 0.1) is 12.8 Å². The molecule has 0 saturated heterocycles. The molecule has 0 aromatic carbocycles. The van der Waals surface area contributed by atoms with Crippen molar-refractivity contribution >= 4 is 11.3 Å². The molecule has 78 valence electrons. The van der Waals surface area contributed by atoms with Gasteiger partial charge in [-0.3, -0.25) is 0 Å². The van der Waals surface area contributed by atoms with Gasteiger partial charge in [0.1, 0.15) is 6.61 Å². The summed E-state index contributed by atoms with van der Waals surface area (Å²) in [5.41, 5.74) is 0.832. The molecule has 0 unspecified atom stereocenters. The zero-order chi connectivity index (χ0) is 10.6. The minimum absolute atomic E-state index is 0.0547. The lowest BCUT2D eigenvalue weighted by atomic mass is 10.3. The van der Waals surface area contributed by atoms with E-state index in [2.05, 4.69) is 9.82 Å². The van der Waals surface area contributed by atoms with Gasteiger partial charge in [0.2, 0.25) is 0 Å². The molecule has 0 N–H and O–H groups in total. The van der Waals surface area contributed by atoms with Crippen molar-refractivity contribution < 1.29 is 14.7 Å². The Morgan fingerprint density at radius 3 is 2.86 bits per heavy atom. The van der Waals surface area contributed by atoms with Crippen LogP contribution in [0.15, 0.2) is 0 Å². The van der Waals surface area contributed by atoms with E-state index < -0.39 is 5.09 Å². The van der Waals surface area contributed by atoms with Crippen LogP contribution in [0.5, 0.6) is 5.19 Å². The third kappa shape index (κ3) is 2.84. The Kier molecular flexibility index (Phi) is 3.63. The number of rotatable bonds is 5. The Bertz CT molecular complexity index is 325. The van der Waals surface area contributed by atoms with E-state index in [1.807, 2.05) is 6.92 Å². The van der Waals surface area contributed by atoms with Crippen LogP contribution in [0.3, 0.4) is 0 Å². The Hall–Kier alpha value is -1.37. The zero-order valence-electron chi connectivity index (χ0n) is 7.85. The maximum absolute atomic E-state index is 9.88. The molecule has 0 bridgehead atoms. The highest BCUT2D eigenvalue weighted by atomic mass is 32.1. The van der Waals surface area contributed by atoms with E-state index in [1.54, 1.807) is 0 Å². The van der Waals surface area contributed by atoms with Crippen molar-refractivity contribution in [3.63, 3.8) is 0 Å². The number of hydrogen-bond acceptors (Lipinski definition) is 6. The number of thiazole rings is 1. The van der Waals surface area contributed by atoms with Crippen LogP contribution in [-0.4, -0.2) is 23.8 Å². The van der Waals surface area contributed by atoms with Gasteiger partial charge in [-0.25, -0.2) is 4.98 Å². The second-order valence-electron chi connectivity index (χ2n) is 2.50. The molecule has 1 heterocycles. The van der Waals surface area contributed by atoms with Gasteiger partial charge >= 0.3 is 0 Å². The average molecular weight is 218 g/mol. The Balaban J connectivity index is 2.49. The standard InChI is InChI=1S/C7H10N2O4S/c1-5-6(3-4-13-9(10)11)14-7(8-5)12-2/h3-4H2,1-2H3. The quantitative estimate of drug-likeness (QED) is 0.548. The van der Waals surface area contributed by atoms with E-state index in [9.17, 15) is 10.1 Å². The summed E-state index contributed by atoms with van der Waals surface area (Å²) in [6, 6.07) is 0. The van der Waals surface area contributed by atoms with E-state index in [-0.39, 0.29) is 6.61 Å². The van der Waals surface area contributed by atoms with Crippen LogP contribution in [0.1, 0.15) is 10.6 Å². The van der Waals surface area contributed by atoms with Gasteiger partial charge in [-0.05, 0) is 6.92 Å². The summed E-state index contributed by atoms with van der Waals surface area (Å²) >= 11 is 1.38. The molecule has 0 atom stereocenters. The first-order chi connectivity index (χ1) is 6.63. The number of hydrogen-bond donors (Lipinski definition) is 0. The predicted octanol–water partition coefficient (Wildman–Crippen LogP) is 1.21. The van der Waals surface area contributed by atoms with Crippen molar-refractivity contribution in [3.8, 4) is 5.19 Å². The van der Waals surface area contributed by atoms with Crippen LogP contribution in [0, 0.1) is 17.0 Å². The molecule has 0 aliphatic heterocycles. The fourth-order valence-corrected chi connectivity index (χ4v) is 1.79. The van der Waals surface area contributed by atoms with Gasteiger partial charge in [-0.1, -0.05) is 11.3 Å². The monoisotopic (exact) mass is 218 g/mol. The summed E-state index contributed by atoms with van der Waals surface area (Å²) in [5.74, 6) is 0. The van der Waals surface area contributed by atoms with E-state index in [0.29, 0.717) is 11.6 Å². The van der Waals surface area contributed by atoms with Crippen molar-refractivity contribution in [2.24, 2.45) is 0 Å². The molecule has 0 aliphatic carbocycles. The van der Waals surface area contributed by atoms with Crippen molar-refractivity contribution in [1.29, 1.82) is 0 Å². The molecule has 1 rings (SSSR count). The van der Waals surface area contributed by atoms with Crippen LogP contribution >= 0.6 is 11.3 Å². The van der Waals surface area contributed by atoms with Gasteiger partial charge < -0.3 is 9.57 Å². The van der Waals surface area contributed by atoms with E-state index >= 15 is 0 Å². The van der Waals surface area contributed by atoms with Crippen LogP contribution in [0.2, 0.25) is 0 Å². The Labute approximate surface area is 84.6 Å². The molecule has 0 amide bonds. The first-order valence-corrected chi connectivity index (χ1v) is 4.72. The van der Waals surface area contributed by atoms with Gasteiger partial charge in [0.25, 0.3) is 10.3 Å². The summed E-state index contributed by atoms with van der Waals surface area (Å²) in [7, 11) is 1.54. The first kappa shape index (κ1) is 10.7. The second-order valence-corrected chi connectivity index (χ2v) is 3.55. The molecule has 0 aliphatic rings. The average Bonchev–Trinajstić information content (AvgIpc) is 2.47. The lowest BCUT2D eigenvalue weighted by Gasteiger charge is -1.96. The Morgan fingerprint density at radius 2 is 2.36 bits per heavy atom. The largest absolute Gasteiger partial charge is 0.473 e. The van der Waals surface area contributed by atoms with Crippen LogP contribution < -0.4 is 4.74 Å². The topological polar surface area (TPSA) is 74.5 Å². The highest BCUT2D eigenvalue weighted by molar-refractivity contribution is 7.13. The molecule has 6 nitrogen and oxygen atoms in total. The van der Waals surface area contributed by atoms with Gasteiger partial charge in [-0.2, -0.15) is 0 Å². The molecule has 0 radical (unpaired) electrons. The summed E-state index contributed by atoms with van der Waals surface area (Å²) in [6.45, 7) is 1.89. The molecule has 0 spiro atoms. The Morgan fingerprint density at radius 1 is 1.64 bits per heavy atom. The summed E-state index contributed by atoms with van der Waals surface area (Å²) in [5, 5.41) is 9.65. The van der Waals surface area contributed by atoms with E-state index in [0.717, 1.165) is 10.6 Å². The highest BCUT2D eigenvalue weighted by Gasteiger charge is 2.07. The molecular weight excluding hydrogens is 208 g/mol. The fourth-order valence-electron chi connectivity index (χ4n) is 0.933. The van der Waals surface area contributed by atoms with E-state index in [4.69, 9.17) is 4.74 Å². The number of nitrogens with zero attached hydrogens (tertiary/aromatic N) is 2. The first-order valence-electron chi connectivity index (χ1n) is 3.91. The third-order valence-corrected chi connectivity index (χ3v) is 2.75. The predicted molar refractivity (Wildman–Crippen MR) is 50.1 cm³/mol. The normalized spacial score (nSPS) is 9.86. The smallest absolute Gasteiger partial charge is 0.294 e. The third-order valence-electron chi connectivity index (χ3n) is 1.57. The molecule has 14 heavy (non-hydrogen) atoms. The fraction of sp³-hybridized carbons (Fsp3) is 0.571. The molecular formula is C7H10N2O4S. The van der Waals surface area contributed by atoms with Crippen LogP contribution in [0.4, 0.5) is 0 Å². The van der Waals surface area contributed by atoms with Gasteiger partial charge in [0, 0.05) is 11.3 Å². The highest BCUT2D eigenvalue weighted by Crippen LogP contribution is 2.24. The van der Waals surface area contributed by atoms with Gasteiger partial charge in [-0.15, -0.1) is 10.1 Å². The molecule has 0 saturated carbocycles. The van der Waals surface area contributed by atoms with Crippen LogP contribution in [-0.2, 0) is 11.3 Å².